The van der Waals surface area contributed by atoms with Crippen LogP contribution in [-0.4, -0.2) is 29.9 Å². The second kappa shape index (κ2) is 8.94. The molecular formula is C22H25N3O5. The zero-order valence-corrected chi connectivity index (χ0v) is 17.3. The molecule has 158 valence electrons. The molecule has 0 saturated carbocycles. The van der Waals surface area contributed by atoms with Gasteiger partial charge in [-0.1, -0.05) is 38.1 Å². The first-order chi connectivity index (χ1) is 14.2. The lowest BCUT2D eigenvalue weighted by molar-refractivity contribution is -0.384. The van der Waals surface area contributed by atoms with E-state index in [-0.39, 0.29) is 36.5 Å². The highest BCUT2D eigenvalue weighted by atomic mass is 16.6. The van der Waals surface area contributed by atoms with E-state index in [1.54, 1.807) is 0 Å². The van der Waals surface area contributed by atoms with Gasteiger partial charge in [0, 0.05) is 12.1 Å². The van der Waals surface area contributed by atoms with Gasteiger partial charge in [0.2, 0.25) is 5.91 Å². The van der Waals surface area contributed by atoms with E-state index < -0.39 is 10.8 Å². The topological polar surface area (TPSA) is 102 Å². The van der Waals surface area contributed by atoms with Crippen LogP contribution in [0.4, 0.5) is 11.4 Å². The second-order valence-electron chi connectivity index (χ2n) is 7.81. The van der Waals surface area contributed by atoms with Crippen molar-refractivity contribution in [2.75, 3.05) is 18.1 Å². The molecule has 2 amide bonds. The van der Waals surface area contributed by atoms with E-state index in [4.69, 9.17) is 4.74 Å². The highest BCUT2D eigenvalue weighted by Gasteiger charge is 2.29. The lowest BCUT2D eigenvalue weighted by atomic mass is 10.00. The zero-order chi connectivity index (χ0) is 21.8. The fraction of sp³-hybridized carbons (Fsp3) is 0.364. The molecule has 3 rings (SSSR count). The Hall–Kier alpha value is -3.42. The molecule has 1 aliphatic rings. The van der Waals surface area contributed by atoms with Crippen LogP contribution < -0.4 is 15.0 Å². The molecule has 2 aromatic rings. The fourth-order valence-electron chi connectivity index (χ4n) is 3.41. The number of nitrogens with zero attached hydrogens (tertiary/aromatic N) is 2. The zero-order valence-electron chi connectivity index (χ0n) is 17.3. The van der Waals surface area contributed by atoms with Crippen molar-refractivity contribution in [3.63, 3.8) is 0 Å². The van der Waals surface area contributed by atoms with Crippen LogP contribution in [0.3, 0.4) is 0 Å². The van der Waals surface area contributed by atoms with E-state index in [9.17, 15) is 19.7 Å². The summed E-state index contributed by atoms with van der Waals surface area (Å²) in [7, 11) is 0. The van der Waals surface area contributed by atoms with E-state index >= 15 is 0 Å². The van der Waals surface area contributed by atoms with Crippen molar-refractivity contribution in [2.24, 2.45) is 5.92 Å². The predicted molar refractivity (Wildman–Crippen MR) is 112 cm³/mol. The third-order valence-corrected chi connectivity index (χ3v) is 4.90. The van der Waals surface area contributed by atoms with E-state index in [0.717, 1.165) is 12.0 Å². The number of nitrogens with one attached hydrogen (secondary N) is 1. The number of anilines is 1. The molecule has 1 unspecified atom stereocenters. The first kappa shape index (κ1) is 21.3. The van der Waals surface area contributed by atoms with Gasteiger partial charge in [-0.25, -0.2) is 0 Å². The highest BCUT2D eigenvalue weighted by molar-refractivity contribution is 6.02. The molecule has 1 heterocycles. The number of hydrogen-bond acceptors (Lipinski definition) is 5. The lowest BCUT2D eigenvalue weighted by Crippen LogP contribution is -2.45. The van der Waals surface area contributed by atoms with Crippen molar-refractivity contribution >= 4 is 23.2 Å². The highest BCUT2D eigenvalue weighted by Crippen LogP contribution is 2.35. The Morgan fingerprint density at radius 2 is 1.90 bits per heavy atom. The van der Waals surface area contributed by atoms with Gasteiger partial charge in [0.05, 0.1) is 16.7 Å². The summed E-state index contributed by atoms with van der Waals surface area (Å²) in [6.45, 7) is 5.74. The Kier molecular flexibility index (Phi) is 6.34. The van der Waals surface area contributed by atoms with Crippen molar-refractivity contribution in [1.82, 2.24) is 5.32 Å². The van der Waals surface area contributed by atoms with Gasteiger partial charge in [-0.05, 0) is 36.5 Å². The Balaban J connectivity index is 1.69. The summed E-state index contributed by atoms with van der Waals surface area (Å²) in [6, 6.07) is 11.8. The maximum absolute atomic E-state index is 12.6. The summed E-state index contributed by atoms with van der Waals surface area (Å²) in [5.41, 5.74) is 2.25. The van der Waals surface area contributed by atoms with E-state index in [0.29, 0.717) is 11.7 Å². The van der Waals surface area contributed by atoms with Gasteiger partial charge in [-0.15, -0.1) is 0 Å². The number of ether oxygens (including phenoxy) is 1. The standard InChI is InChI=1S/C22H25N3O5/c1-14(2)10-16-4-6-17(7-5-16)15(3)23-21(26)12-24-19-11-18(25(28)29)8-9-20(19)30-13-22(24)27/h4-9,11,14-15H,10,12-13H2,1-3H3,(H,23,26). The Morgan fingerprint density at radius 1 is 1.20 bits per heavy atom. The lowest BCUT2D eigenvalue weighted by Gasteiger charge is -2.29. The summed E-state index contributed by atoms with van der Waals surface area (Å²) >= 11 is 0. The summed E-state index contributed by atoms with van der Waals surface area (Å²) < 4.78 is 5.33. The summed E-state index contributed by atoms with van der Waals surface area (Å²) in [6.07, 6.45) is 0.992. The van der Waals surface area contributed by atoms with Crippen LogP contribution in [0.1, 0.15) is 37.9 Å². The van der Waals surface area contributed by atoms with Crippen LogP contribution in [0, 0.1) is 16.0 Å². The first-order valence-corrected chi connectivity index (χ1v) is 9.84. The SMILES string of the molecule is CC(C)Cc1ccc(C(C)NC(=O)CN2C(=O)COc3ccc([N+](=O)[O-])cc32)cc1. The number of hydrogen-bond donors (Lipinski definition) is 1. The number of amides is 2. The minimum Gasteiger partial charge on any atom is -0.482 e. The fourth-order valence-corrected chi connectivity index (χ4v) is 3.41. The van der Waals surface area contributed by atoms with Crippen molar-refractivity contribution in [2.45, 2.75) is 33.2 Å². The summed E-state index contributed by atoms with van der Waals surface area (Å²) in [4.78, 5) is 36.6. The predicted octanol–water partition coefficient (Wildman–Crippen LogP) is 3.40. The molecule has 0 spiro atoms. The van der Waals surface area contributed by atoms with E-state index in [1.165, 1.54) is 28.7 Å². The van der Waals surface area contributed by atoms with Gasteiger partial charge < -0.3 is 10.1 Å². The summed E-state index contributed by atoms with van der Waals surface area (Å²) in [5, 5.41) is 13.9. The molecule has 2 aromatic carbocycles. The number of benzene rings is 2. The normalized spacial score (nSPS) is 14.1. The van der Waals surface area contributed by atoms with E-state index in [1.807, 2.05) is 19.1 Å². The molecule has 8 nitrogen and oxygen atoms in total. The molecule has 1 atom stereocenters. The van der Waals surface area contributed by atoms with Gasteiger partial charge in [0.15, 0.2) is 6.61 Å². The monoisotopic (exact) mass is 411 g/mol. The largest absolute Gasteiger partial charge is 0.482 e. The van der Waals surface area contributed by atoms with Crippen LogP contribution in [0.5, 0.6) is 5.75 Å². The molecule has 0 aliphatic carbocycles. The molecule has 0 saturated heterocycles. The molecule has 0 aromatic heterocycles. The summed E-state index contributed by atoms with van der Waals surface area (Å²) in [5.74, 6) is 0.116. The van der Waals surface area contributed by atoms with Crippen LogP contribution in [0.25, 0.3) is 0 Å². The third-order valence-electron chi connectivity index (χ3n) is 4.90. The van der Waals surface area contributed by atoms with Gasteiger partial charge in [-0.2, -0.15) is 0 Å². The van der Waals surface area contributed by atoms with Crippen molar-refractivity contribution < 1.29 is 19.2 Å². The number of carbonyl (C=O) groups excluding carboxylic acids is 2. The van der Waals surface area contributed by atoms with Crippen LogP contribution in [0.15, 0.2) is 42.5 Å². The molecule has 1 N–H and O–H groups in total. The van der Waals surface area contributed by atoms with Crippen LogP contribution in [0.2, 0.25) is 0 Å². The van der Waals surface area contributed by atoms with Crippen molar-refractivity contribution in [3.05, 3.63) is 63.7 Å². The van der Waals surface area contributed by atoms with Gasteiger partial charge >= 0.3 is 0 Å². The Bertz CT molecular complexity index is 956. The Morgan fingerprint density at radius 3 is 2.53 bits per heavy atom. The molecule has 1 aliphatic heterocycles. The number of rotatable bonds is 7. The third kappa shape index (κ3) is 4.94. The van der Waals surface area contributed by atoms with Crippen molar-refractivity contribution in [3.8, 4) is 5.75 Å². The Labute approximate surface area is 175 Å². The maximum atomic E-state index is 12.6. The number of nitro benzene ring substituents is 1. The molecule has 0 fully saturated rings. The molecule has 30 heavy (non-hydrogen) atoms. The van der Waals surface area contributed by atoms with Gasteiger partial charge in [0.1, 0.15) is 12.3 Å². The molecule has 8 heteroatoms. The molecular weight excluding hydrogens is 386 g/mol. The smallest absolute Gasteiger partial charge is 0.271 e. The molecule has 0 bridgehead atoms. The van der Waals surface area contributed by atoms with Crippen LogP contribution in [-0.2, 0) is 16.0 Å². The first-order valence-electron chi connectivity index (χ1n) is 9.84. The number of fused-ring (bicyclic) bond motifs is 1. The number of non-ortho nitro benzene ring substituents is 1. The van der Waals surface area contributed by atoms with Crippen LogP contribution >= 0.6 is 0 Å². The number of carbonyl (C=O) groups is 2. The average molecular weight is 411 g/mol. The minimum absolute atomic E-state index is 0.174. The number of nitro groups is 1. The van der Waals surface area contributed by atoms with Crippen molar-refractivity contribution in [1.29, 1.82) is 0 Å². The minimum atomic E-state index is -0.553. The van der Waals surface area contributed by atoms with Gasteiger partial charge in [0.25, 0.3) is 11.6 Å². The quantitative estimate of drug-likeness (QED) is 0.556. The average Bonchev–Trinajstić information content (AvgIpc) is 2.69. The van der Waals surface area contributed by atoms with Gasteiger partial charge in [-0.3, -0.25) is 24.6 Å². The van der Waals surface area contributed by atoms with E-state index in [2.05, 4.69) is 31.3 Å². The maximum Gasteiger partial charge on any atom is 0.271 e. The second-order valence-corrected chi connectivity index (χ2v) is 7.81. The molecule has 0 radical (unpaired) electrons.